The first-order chi connectivity index (χ1) is 13.3. The van der Waals surface area contributed by atoms with Gasteiger partial charge >= 0.3 is 0 Å². The summed E-state index contributed by atoms with van der Waals surface area (Å²) in [7, 11) is 0. The average Bonchev–Trinajstić information content (AvgIpc) is 3.22. The van der Waals surface area contributed by atoms with Crippen LogP contribution in [0, 0.1) is 0 Å². The number of nitrogens with zero attached hydrogens (tertiary/aromatic N) is 4. The van der Waals surface area contributed by atoms with Crippen molar-refractivity contribution >= 4 is 5.69 Å². The second-order valence-electron chi connectivity index (χ2n) is 6.83. The Labute approximate surface area is 159 Å². The molecule has 2 N–H and O–H groups in total. The van der Waals surface area contributed by atoms with Gasteiger partial charge in [-0.25, -0.2) is 0 Å². The van der Waals surface area contributed by atoms with Crippen LogP contribution in [-0.4, -0.2) is 47.8 Å². The molecule has 0 bridgehead atoms. The Morgan fingerprint density at radius 1 is 0.926 bits per heavy atom. The topological polar surface area (TPSA) is 71.4 Å². The Morgan fingerprint density at radius 3 is 2.37 bits per heavy atom. The first-order valence-electron chi connectivity index (χ1n) is 9.46. The van der Waals surface area contributed by atoms with E-state index in [4.69, 9.17) is 10.3 Å². The lowest BCUT2D eigenvalue weighted by Crippen LogP contribution is -2.47. The Kier molecular flexibility index (Phi) is 5.46. The Hall–Kier alpha value is -2.70. The van der Waals surface area contributed by atoms with Crippen molar-refractivity contribution in [3.8, 4) is 11.4 Å². The molecule has 140 valence electrons. The minimum atomic E-state index is 0.537. The van der Waals surface area contributed by atoms with Crippen LogP contribution >= 0.6 is 0 Å². The lowest BCUT2D eigenvalue weighted by molar-refractivity contribution is 0.249. The minimum absolute atomic E-state index is 0.537. The predicted octanol–water partition coefficient (Wildman–Crippen LogP) is 2.56. The highest BCUT2D eigenvalue weighted by atomic mass is 16.5. The molecular formula is C21H25N5O. The quantitative estimate of drug-likeness (QED) is 0.726. The zero-order valence-electron chi connectivity index (χ0n) is 15.4. The summed E-state index contributed by atoms with van der Waals surface area (Å²) in [5, 5.41) is 4.11. The highest BCUT2D eigenvalue weighted by Gasteiger charge is 2.18. The third-order valence-corrected chi connectivity index (χ3v) is 5.05. The second-order valence-corrected chi connectivity index (χ2v) is 6.83. The molecule has 27 heavy (non-hydrogen) atoms. The fraction of sp³-hybridized carbons (Fsp3) is 0.333. The lowest BCUT2D eigenvalue weighted by Gasteiger charge is -2.35. The van der Waals surface area contributed by atoms with E-state index in [-0.39, 0.29) is 0 Å². The summed E-state index contributed by atoms with van der Waals surface area (Å²) in [6.45, 7) is 5.68. The highest BCUT2D eigenvalue weighted by molar-refractivity contribution is 5.54. The molecule has 2 heterocycles. The maximum atomic E-state index is 5.64. The molecular weight excluding hydrogens is 338 g/mol. The highest BCUT2D eigenvalue weighted by Crippen LogP contribution is 2.18. The number of rotatable bonds is 6. The fourth-order valence-corrected chi connectivity index (χ4v) is 3.39. The summed E-state index contributed by atoms with van der Waals surface area (Å²) in [5.41, 5.74) is 8.99. The summed E-state index contributed by atoms with van der Waals surface area (Å²) in [4.78, 5) is 9.43. The van der Waals surface area contributed by atoms with Crippen LogP contribution in [0.25, 0.3) is 11.4 Å². The lowest BCUT2D eigenvalue weighted by atomic mass is 10.1. The van der Waals surface area contributed by atoms with Gasteiger partial charge < -0.3 is 15.2 Å². The van der Waals surface area contributed by atoms with Crippen molar-refractivity contribution in [3.05, 3.63) is 66.1 Å². The fourth-order valence-electron chi connectivity index (χ4n) is 3.39. The van der Waals surface area contributed by atoms with E-state index in [1.54, 1.807) is 0 Å². The zero-order chi connectivity index (χ0) is 18.5. The second kappa shape index (κ2) is 8.33. The molecule has 3 aromatic rings. The smallest absolute Gasteiger partial charge is 0.228 e. The number of anilines is 1. The monoisotopic (exact) mass is 363 g/mol. The van der Waals surface area contributed by atoms with E-state index >= 15 is 0 Å². The number of nitrogens with two attached hydrogens (primary N) is 1. The van der Waals surface area contributed by atoms with Crippen molar-refractivity contribution < 1.29 is 4.52 Å². The molecule has 1 saturated heterocycles. The minimum Gasteiger partial charge on any atom is -0.369 e. The van der Waals surface area contributed by atoms with Crippen molar-refractivity contribution in [2.75, 3.05) is 37.6 Å². The zero-order valence-corrected chi connectivity index (χ0v) is 15.4. The molecule has 1 fully saturated rings. The maximum Gasteiger partial charge on any atom is 0.228 e. The number of benzene rings is 2. The van der Waals surface area contributed by atoms with E-state index in [0.29, 0.717) is 18.3 Å². The molecule has 1 aliphatic rings. The van der Waals surface area contributed by atoms with Gasteiger partial charge in [-0.05, 0) is 17.7 Å². The van der Waals surface area contributed by atoms with Crippen molar-refractivity contribution in [2.45, 2.75) is 13.0 Å². The SMILES string of the molecule is NCc1ccc(-c2noc(CCN3CCN(c4ccccc4)CC3)n2)cc1. The molecule has 1 aromatic heterocycles. The molecule has 0 aliphatic carbocycles. The van der Waals surface area contributed by atoms with Crippen LogP contribution in [0.2, 0.25) is 0 Å². The largest absolute Gasteiger partial charge is 0.369 e. The number of hydrogen-bond acceptors (Lipinski definition) is 6. The van der Waals surface area contributed by atoms with Crippen molar-refractivity contribution in [1.82, 2.24) is 15.0 Å². The van der Waals surface area contributed by atoms with E-state index in [1.807, 2.05) is 24.3 Å². The van der Waals surface area contributed by atoms with Crippen LogP contribution in [0.3, 0.4) is 0 Å². The predicted molar refractivity (Wildman–Crippen MR) is 106 cm³/mol. The molecule has 1 aliphatic heterocycles. The van der Waals surface area contributed by atoms with Gasteiger partial charge in [-0.3, -0.25) is 4.90 Å². The number of para-hydroxylation sites is 1. The molecule has 6 heteroatoms. The van der Waals surface area contributed by atoms with Gasteiger partial charge in [0, 0.05) is 56.9 Å². The molecule has 2 aromatic carbocycles. The summed E-state index contributed by atoms with van der Waals surface area (Å²) in [5.74, 6) is 1.33. The summed E-state index contributed by atoms with van der Waals surface area (Å²) in [6.07, 6.45) is 0.777. The maximum absolute atomic E-state index is 5.64. The molecule has 0 spiro atoms. The third kappa shape index (κ3) is 4.35. The van der Waals surface area contributed by atoms with Crippen LogP contribution in [0.1, 0.15) is 11.5 Å². The van der Waals surface area contributed by atoms with Gasteiger partial charge in [-0.2, -0.15) is 4.98 Å². The summed E-state index contributed by atoms with van der Waals surface area (Å²) in [6, 6.07) is 18.6. The van der Waals surface area contributed by atoms with E-state index in [2.05, 4.69) is 50.3 Å². The first kappa shape index (κ1) is 17.7. The van der Waals surface area contributed by atoms with Gasteiger partial charge in [0.05, 0.1) is 0 Å². The van der Waals surface area contributed by atoms with Crippen LogP contribution in [-0.2, 0) is 13.0 Å². The molecule has 0 saturated carbocycles. The molecule has 6 nitrogen and oxygen atoms in total. The van der Waals surface area contributed by atoms with Crippen molar-refractivity contribution in [3.63, 3.8) is 0 Å². The summed E-state index contributed by atoms with van der Waals surface area (Å²) < 4.78 is 5.43. The third-order valence-electron chi connectivity index (χ3n) is 5.05. The Morgan fingerprint density at radius 2 is 1.67 bits per heavy atom. The van der Waals surface area contributed by atoms with Crippen molar-refractivity contribution in [1.29, 1.82) is 0 Å². The van der Waals surface area contributed by atoms with E-state index in [0.717, 1.165) is 50.3 Å². The Bertz CT molecular complexity index is 839. The molecule has 0 atom stereocenters. The molecule has 0 radical (unpaired) electrons. The first-order valence-corrected chi connectivity index (χ1v) is 9.46. The van der Waals surface area contributed by atoms with Gasteiger partial charge in [0.1, 0.15) is 0 Å². The van der Waals surface area contributed by atoms with Crippen molar-refractivity contribution in [2.24, 2.45) is 5.73 Å². The van der Waals surface area contributed by atoms with E-state index < -0.39 is 0 Å². The number of aromatic nitrogens is 2. The Balaban J connectivity index is 1.28. The van der Waals surface area contributed by atoms with Gasteiger partial charge in [-0.15, -0.1) is 0 Å². The van der Waals surface area contributed by atoms with E-state index in [9.17, 15) is 0 Å². The standard InChI is InChI=1S/C21H25N5O/c22-16-17-6-8-18(9-7-17)21-23-20(27-24-21)10-11-25-12-14-26(15-13-25)19-4-2-1-3-5-19/h1-9H,10-16,22H2. The normalized spacial score (nSPS) is 15.2. The molecule has 4 rings (SSSR count). The van der Waals surface area contributed by atoms with Gasteiger partial charge in [0.2, 0.25) is 11.7 Å². The van der Waals surface area contributed by atoms with Gasteiger partial charge in [-0.1, -0.05) is 47.6 Å². The molecule has 0 unspecified atom stereocenters. The van der Waals surface area contributed by atoms with Gasteiger partial charge in [0.25, 0.3) is 0 Å². The van der Waals surface area contributed by atoms with Crippen LogP contribution in [0.5, 0.6) is 0 Å². The van der Waals surface area contributed by atoms with Crippen LogP contribution in [0.15, 0.2) is 59.1 Å². The average molecular weight is 363 g/mol. The molecule has 0 amide bonds. The van der Waals surface area contributed by atoms with E-state index in [1.165, 1.54) is 5.69 Å². The van der Waals surface area contributed by atoms with Crippen LogP contribution in [0.4, 0.5) is 5.69 Å². The van der Waals surface area contributed by atoms with Crippen LogP contribution < -0.4 is 10.6 Å². The number of hydrogen-bond donors (Lipinski definition) is 1. The number of piperazine rings is 1. The van der Waals surface area contributed by atoms with Gasteiger partial charge in [0.15, 0.2) is 0 Å². The summed E-state index contributed by atoms with van der Waals surface area (Å²) >= 11 is 0.